The van der Waals surface area contributed by atoms with Gasteiger partial charge in [0.2, 0.25) is 0 Å². The molecule has 0 atom stereocenters. The predicted octanol–water partition coefficient (Wildman–Crippen LogP) is 10.3. The molecule has 0 amide bonds. The highest BCUT2D eigenvalue weighted by molar-refractivity contribution is 6.19. The highest BCUT2D eigenvalue weighted by Gasteiger charge is 2.51. The molecule has 0 N–H and O–H groups in total. The van der Waals surface area contributed by atoms with Gasteiger partial charge in [-0.1, -0.05) is 103 Å². The van der Waals surface area contributed by atoms with Crippen LogP contribution in [0.2, 0.25) is 0 Å². The monoisotopic (exact) mass is 572 g/mol. The lowest BCUT2D eigenvalue weighted by atomic mass is 9.66. The molecule has 0 bridgehead atoms. The van der Waals surface area contributed by atoms with E-state index in [1.54, 1.807) is 0 Å². The predicted molar refractivity (Wildman–Crippen MR) is 180 cm³/mol. The van der Waals surface area contributed by atoms with E-state index in [1.165, 1.54) is 38.4 Å². The Hall–Kier alpha value is -6.11. The maximum atomic E-state index is 9.56. The third kappa shape index (κ3) is 3.03. The molecule has 2 aliphatic rings. The molecule has 1 aromatic heterocycles. The number of fused-ring (bicyclic) bond motifs is 14. The topological polar surface area (TPSA) is 38.0 Å². The zero-order valence-electron chi connectivity index (χ0n) is 24.2. The summed E-state index contributed by atoms with van der Waals surface area (Å²) in [5.41, 5.74) is 10.7. The summed E-state index contributed by atoms with van der Waals surface area (Å²) in [6, 6.07) is 54.0. The second kappa shape index (κ2) is 8.72. The van der Waals surface area contributed by atoms with Crippen molar-refractivity contribution in [3.05, 3.63) is 173 Å². The van der Waals surface area contributed by atoms with Crippen LogP contribution >= 0.6 is 0 Å². The molecule has 208 valence electrons. The van der Waals surface area contributed by atoms with E-state index in [2.05, 4.69) is 144 Å². The number of hydrogen-bond acceptors (Lipinski definition) is 2. The molecular formula is C42H24N2O. The lowest BCUT2D eigenvalue weighted by molar-refractivity contribution is 0.437. The average molecular weight is 573 g/mol. The second-order valence-corrected chi connectivity index (χ2v) is 12.0. The number of benzene rings is 7. The molecule has 0 saturated heterocycles. The van der Waals surface area contributed by atoms with Gasteiger partial charge in [-0.2, -0.15) is 5.26 Å². The van der Waals surface area contributed by atoms with Gasteiger partial charge in [0.1, 0.15) is 11.5 Å². The normalized spacial score (nSPS) is 13.7. The molecule has 45 heavy (non-hydrogen) atoms. The molecule has 0 saturated carbocycles. The van der Waals surface area contributed by atoms with Gasteiger partial charge in [-0.3, -0.25) is 0 Å². The molecule has 10 rings (SSSR count). The standard InChI is InChI=1S/C42H24N2O/c43-25-26-17-20-28(21-18-26)44-38-24-37-40(23-33(38)32-22-19-27-9-1-2-10-29(27)41(32)44)45-39-16-8-7-15-36(39)42(37)34-13-5-3-11-30(34)31-12-4-6-14-35(31)42/h1-24H. The summed E-state index contributed by atoms with van der Waals surface area (Å²) in [5, 5.41) is 14.2. The summed E-state index contributed by atoms with van der Waals surface area (Å²) in [5.74, 6) is 1.76. The van der Waals surface area contributed by atoms with Crippen LogP contribution in [0.3, 0.4) is 0 Å². The van der Waals surface area contributed by atoms with Crippen molar-refractivity contribution in [3.63, 3.8) is 0 Å². The first kappa shape index (κ1) is 24.3. The molecule has 7 aromatic carbocycles. The van der Waals surface area contributed by atoms with Crippen molar-refractivity contribution in [2.45, 2.75) is 5.41 Å². The average Bonchev–Trinajstić information content (AvgIpc) is 3.58. The first-order valence-electron chi connectivity index (χ1n) is 15.2. The number of hydrogen-bond donors (Lipinski definition) is 0. The smallest absolute Gasteiger partial charge is 0.133 e. The zero-order valence-corrected chi connectivity index (χ0v) is 24.2. The Morgan fingerprint density at radius 3 is 1.96 bits per heavy atom. The van der Waals surface area contributed by atoms with E-state index in [-0.39, 0.29) is 0 Å². The summed E-state index contributed by atoms with van der Waals surface area (Å²) >= 11 is 0. The van der Waals surface area contributed by atoms with Gasteiger partial charge < -0.3 is 9.30 Å². The van der Waals surface area contributed by atoms with Crippen molar-refractivity contribution in [2.24, 2.45) is 0 Å². The number of rotatable bonds is 1. The van der Waals surface area contributed by atoms with Crippen LogP contribution in [-0.2, 0) is 5.41 Å². The van der Waals surface area contributed by atoms with Crippen molar-refractivity contribution in [1.29, 1.82) is 5.26 Å². The quantitative estimate of drug-likeness (QED) is 0.196. The van der Waals surface area contributed by atoms with Gasteiger partial charge in [0.15, 0.2) is 0 Å². The lowest BCUT2D eigenvalue weighted by Crippen LogP contribution is -2.32. The van der Waals surface area contributed by atoms with Crippen LogP contribution in [0.15, 0.2) is 146 Å². The molecule has 0 fully saturated rings. The lowest BCUT2D eigenvalue weighted by Gasteiger charge is -2.39. The number of para-hydroxylation sites is 1. The fourth-order valence-corrected chi connectivity index (χ4v) is 8.08. The maximum Gasteiger partial charge on any atom is 0.133 e. The first-order chi connectivity index (χ1) is 22.3. The highest BCUT2D eigenvalue weighted by Crippen LogP contribution is 2.62. The number of nitrogens with zero attached hydrogens (tertiary/aromatic N) is 2. The van der Waals surface area contributed by atoms with Crippen molar-refractivity contribution < 1.29 is 4.74 Å². The van der Waals surface area contributed by atoms with Crippen molar-refractivity contribution in [3.8, 4) is 34.4 Å². The van der Waals surface area contributed by atoms with E-state index in [0.717, 1.165) is 44.7 Å². The van der Waals surface area contributed by atoms with Crippen LogP contribution in [0.1, 0.15) is 27.8 Å². The van der Waals surface area contributed by atoms with Crippen LogP contribution < -0.4 is 4.74 Å². The first-order valence-corrected chi connectivity index (χ1v) is 15.2. The fourth-order valence-electron chi connectivity index (χ4n) is 8.08. The fraction of sp³-hybridized carbons (Fsp3) is 0.0238. The van der Waals surface area contributed by atoms with Gasteiger partial charge in [0, 0.05) is 33.0 Å². The maximum absolute atomic E-state index is 9.56. The number of ether oxygens (including phenoxy) is 1. The molecule has 0 unspecified atom stereocenters. The molecule has 3 nitrogen and oxygen atoms in total. The van der Waals surface area contributed by atoms with Gasteiger partial charge in [-0.05, 0) is 70.1 Å². The number of aromatic nitrogens is 1. The summed E-state index contributed by atoms with van der Waals surface area (Å²) in [4.78, 5) is 0. The molecular weight excluding hydrogens is 548 g/mol. The van der Waals surface area contributed by atoms with Crippen molar-refractivity contribution in [2.75, 3.05) is 0 Å². The Labute approximate surface area is 259 Å². The van der Waals surface area contributed by atoms with E-state index in [0.29, 0.717) is 5.56 Å². The molecule has 1 aliphatic heterocycles. The van der Waals surface area contributed by atoms with Gasteiger partial charge >= 0.3 is 0 Å². The third-order valence-corrected chi connectivity index (χ3v) is 9.88. The second-order valence-electron chi connectivity index (χ2n) is 12.0. The van der Waals surface area contributed by atoms with E-state index >= 15 is 0 Å². The van der Waals surface area contributed by atoms with E-state index in [4.69, 9.17) is 4.74 Å². The number of nitriles is 1. The minimum Gasteiger partial charge on any atom is -0.457 e. The Morgan fingerprint density at radius 2 is 1.20 bits per heavy atom. The summed E-state index contributed by atoms with van der Waals surface area (Å²) in [6.45, 7) is 0. The zero-order chi connectivity index (χ0) is 29.7. The minimum absolute atomic E-state index is 0.542. The van der Waals surface area contributed by atoms with Crippen molar-refractivity contribution >= 4 is 32.6 Å². The summed E-state index contributed by atoms with van der Waals surface area (Å²) < 4.78 is 9.21. The van der Waals surface area contributed by atoms with E-state index in [9.17, 15) is 5.26 Å². The molecule has 2 heterocycles. The van der Waals surface area contributed by atoms with Crippen LogP contribution in [0.4, 0.5) is 0 Å². The Bertz CT molecular complexity index is 2540. The minimum atomic E-state index is -0.542. The summed E-state index contributed by atoms with van der Waals surface area (Å²) in [7, 11) is 0. The summed E-state index contributed by atoms with van der Waals surface area (Å²) in [6.07, 6.45) is 0. The van der Waals surface area contributed by atoms with Crippen molar-refractivity contribution in [1.82, 2.24) is 4.57 Å². The molecule has 0 radical (unpaired) electrons. The van der Waals surface area contributed by atoms with Gasteiger partial charge in [-0.25, -0.2) is 0 Å². The Balaban J connectivity index is 1.41. The SMILES string of the molecule is N#Cc1ccc(-n2c3cc4c(cc3c3ccc5ccccc5c32)Oc2ccccc2C42c3ccccc3-c3ccccc32)cc1. The van der Waals surface area contributed by atoms with Gasteiger partial charge in [0.25, 0.3) is 0 Å². The molecule has 3 heteroatoms. The Kier molecular flexibility index (Phi) is 4.72. The Morgan fingerprint density at radius 1 is 0.533 bits per heavy atom. The van der Waals surface area contributed by atoms with Crippen LogP contribution in [0.25, 0.3) is 49.4 Å². The molecule has 1 spiro atoms. The molecule has 1 aliphatic carbocycles. The largest absolute Gasteiger partial charge is 0.457 e. The highest BCUT2D eigenvalue weighted by atomic mass is 16.5. The van der Waals surface area contributed by atoms with Crippen LogP contribution in [-0.4, -0.2) is 4.57 Å². The van der Waals surface area contributed by atoms with Gasteiger partial charge in [0.05, 0.1) is 28.1 Å². The van der Waals surface area contributed by atoms with Gasteiger partial charge in [-0.15, -0.1) is 0 Å². The third-order valence-electron chi connectivity index (χ3n) is 9.88. The molecule has 8 aromatic rings. The van der Waals surface area contributed by atoms with Crippen LogP contribution in [0, 0.1) is 11.3 Å². The van der Waals surface area contributed by atoms with E-state index in [1.807, 2.05) is 12.1 Å². The van der Waals surface area contributed by atoms with E-state index < -0.39 is 5.41 Å². The van der Waals surface area contributed by atoms with Crippen LogP contribution in [0.5, 0.6) is 11.5 Å².